The third-order valence-corrected chi connectivity index (χ3v) is 4.45. The predicted molar refractivity (Wildman–Crippen MR) is 82.8 cm³/mol. The van der Waals surface area contributed by atoms with Gasteiger partial charge >= 0.3 is 0 Å². The molecule has 0 saturated carbocycles. The van der Waals surface area contributed by atoms with Crippen molar-refractivity contribution in [1.29, 1.82) is 0 Å². The third kappa shape index (κ3) is 3.39. The number of carbonyl (C=O) groups is 1. The number of hydrogen-bond acceptors (Lipinski definition) is 7. The Bertz CT molecular complexity index is 689. The number of hydrogen-bond donors (Lipinski definition) is 2. The molecule has 1 fully saturated rings. The fourth-order valence-corrected chi connectivity index (χ4v) is 2.61. The van der Waals surface area contributed by atoms with E-state index in [1.165, 1.54) is 31.0 Å². The Morgan fingerprint density at radius 2 is 2.33 bits per heavy atom. The summed E-state index contributed by atoms with van der Waals surface area (Å²) < 4.78 is 0.231. The van der Waals surface area contributed by atoms with Crippen molar-refractivity contribution >= 4 is 50.7 Å². The summed E-state index contributed by atoms with van der Waals surface area (Å²) in [6.07, 6.45) is 1.19. The Balaban J connectivity index is 2.32. The van der Waals surface area contributed by atoms with Gasteiger partial charge in [0.1, 0.15) is 5.75 Å². The Morgan fingerprint density at radius 1 is 1.62 bits per heavy atom. The van der Waals surface area contributed by atoms with Crippen molar-refractivity contribution in [3.05, 3.63) is 31.8 Å². The zero-order valence-electron chi connectivity index (χ0n) is 10.7. The van der Waals surface area contributed by atoms with E-state index in [-0.39, 0.29) is 33.1 Å². The molecule has 0 unspecified atom stereocenters. The van der Waals surface area contributed by atoms with Crippen LogP contribution >= 0.6 is 27.7 Å². The maximum atomic E-state index is 11.0. The molecular formula is C11H9BrN4O4S. The van der Waals surface area contributed by atoms with E-state index in [1.807, 2.05) is 0 Å². The van der Waals surface area contributed by atoms with Crippen LogP contribution in [-0.4, -0.2) is 33.1 Å². The number of nitro groups is 1. The van der Waals surface area contributed by atoms with Gasteiger partial charge in [-0.15, -0.1) is 5.10 Å². The summed E-state index contributed by atoms with van der Waals surface area (Å²) in [4.78, 5) is 21.3. The number of carbonyl (C=O) groups excluding carboxylic acids is 1. The number of rotatable bonds is 3. The van der Waals surface area contributed by atoms with Gasteiger partial charge in [-0.05, 0) is 22.9 Å². The lowest BCUT2D eigenvalue weighted by molar-refractivity contribution is -0.385. The Hall–Kier alpha value is -1.94. The molecule has 1 heterocycles. The average molecular weight is 373 g/mol. The molecule has 1 saturated heterocycles. The van der Waals surface area contributed by atoms with Gasteiger partial charge in [0, 0.05) is 17.2 Å². The molecule has 0 bridgehead atoms. The summed E-state index contributed by atoms with van der Waals surface area (Å²) in [5.41, 5.74) is 0.328. The number of aromatic hydroxyl groups is 1. The van der Waals surface area contributed by atoms with Crippen LogP contribution in [0.3, 0.4) is 0 Å². The molecule has 2 N–H and O–H groups in total. The van der Waals surface area contributed by atoms with Crippen LogP contribution in [0.25, 0.3) is 0 Å². The summed E-state index contributed by atoms with van der Waals surface area (Å²) in [5, 5.41) is 31.2. The first-order chi connectivity index (χ1) is 9.90. The SMILES string of the molecule is Cc1c([N+](=O)[O-])cc(C=NN=C2NC(=O)CS2)c(O)c1Br. The van der Waals surface area contributed by atoms with E-state index in [9.17, 15) is 20.0 Å². The lowest BCUT2D eigenvalue weighted by atomic mass is 10.1. The highest BCUT2D eigenvalue weighted by Crippen LogP contribution is 2.36. The Labute approximate surface area is 131 Å². The van der Waals surface area contributed by atoms with Crippen molar-refractivity contribution < 1.29 is 14.8 Å². The van der Waals surface area contributed by atoms with Crippen LogP contribution in [0.5, 0.6) is 5.75 Å². The van der Waals surface area contributed by atoms with Crippen LogP contribution in [0.2, 0.25) is 0 Å². The number of phenolic OH excluding ortho intramolecular Hbond substituents is 1. The van der Waals surface area contributed by atoms with Gasteiger partial charge in [-0.1, -0.05) is 11.8 Å². The number of nitrogens with one attached hydrogen (secondary N) is 1. The smallest absolute Gasteiger partial charge is 0.274 e. The van der Waals surface area contributed by atoms with Crippen LogP contribution in [0.4, 0.5) is 5.69 Å². The predicted octanol–water partition coefficient (Wildman–Crippen LogP) is 1.92. The molecular weight excluding hydrogens is 364 g/mol. The molecule has 0 aliphatic carbocycles. The molecule has 0 aromatic heterocycles. The second kappa shape index (κ2) is 6.22. The largest absolute Gasteiger partial charge is 0.506 e. The second-order valence-corrected chi connectivity index (χ2v) is 5.77. The Morgan fingerprint density at radius 3 is 2.90 bits per heavy atom. The van der Waals surface area contributed by atoms with Crippen LogP contribution in [0, 0.1) is 17.0 Å². The highest BCUT2D eigenvalue weighted by Gasteiger charge is 2.19. The summed E-state index contributed by atoms with van der Waals surface area (Å²) in [5.74, 6) is -0.0445. The van der Waals surface area contributed by atoms with Crippen LogP contribution in [0.1, 0.15) is 11.1 Å². The van der Waals surface area contributed by atoms with E-state index in [4.69, 9.17) is 0 Å². The van der Waals surface area contributed by atoms with Crippen molar-refractivity contribution in [2.45, 2.75) is 6.92 Å². The lowest BCUT2D eigenvalue weighted by Crippen LogP contribution is -2.19. The topological polar surface area (TPSA) is 117 Å². The van der Waals surface area contributed by atoms with Crippen molar-refractivity contribution in [3.8, 4) is 5.75 Å². The molecule has 0 spiro atoms. The fraction of sp³-hybridized carbons (Fsp3) is 0.182. The minimum absolute atomic E-state index is 0.141. The number of halogens is 1. The van der Waals surface area contributed by atoms with E-state index in [2.05, 4.69) is 31.4 Å². The number of nitro benzene ring substituents is 1. The molecule has 110 valence electrons. The quantitative estimate of drug-likeness (QED) is 0.477. The minimum atomic E-state index is -0.546. The van der Waals surface area contributed by atoms with E-state index >= 15 is 0 Å². The van der Waals surface area contributed by atoms with Gasteiger partial charge in [0.25, 0.3) is 5.69 Å². The monoisotopic (exact) mass is 372 g/mol. The number of thioether (sulfide) groups is 1. The van der Waals surface area contributed by atoms with Crippen LogP contribution in [-0.2, 0) is 4.79 Å². The zero-order chi connectivity index (χ0) is 15.6. The number of benzene rings is 1. The fourth-order valence-electron chi connectivity index (χ4n) is 1.55. The van der Waals surface area contributed by atoms with Crippen LogP contribution in [0.15, 0.2) is 20.7 Å². The molecule has 1 aromatic rings. The second-order valence-electron chi connectivity index (χ2n) is 4.02. The number of amidine groups is 1. The van der Waals surface area contributed by atoms with Crippen molar-refractivity contribution in [1.82, 2.24) is 5.32 Å². The summed E-state index contributed by atoms with van der Waals surface area (Å²) in [7, 11) is 0. The van der Waals surface area contributed by atoms with Crippen molar-refractivity contribution in [3.63, 3.8) is 0 Å². The summed E-state index contributed by atoms with van der Waals surface area (Å²) in [6, 6.07) is 1.21. The molecule has 2 rings (SSSR count). The van der Waals surface area contributed by atoms with Gasteiger partial charge < -0.3 is 10.4 Å². The molecule has 1 aliphatic heterocycles. The van der Waals surface area contributed by atoms with Crippen molar-refractivity contribution in [2.24, 2.45) is 10.2 Å². The summed E-state index contributed by atoms with van der Waals surface area (Å²) >= 11 is 4.30. The summed E-state index contributed by atoms with van der Waals surface area (Å²) in [6.45, 7) is 1.52. The number of nitrogens with zero attached hydrogens (tertiary/aromatic N) is 3. The molecule has 8 nitrogen and oxygen atoms in total. The van der Waals surface area contributed by atoms with Crippen LogP contribution < -0.4 is 5.32 Å². The average Bonchev–Trinajstić information content (AvgIpc) is 2.84. The molecule has 0 radical (unpaired) electrons. The van der Waals surface area contributed by atoms with Gasteiger partial charge in [-0.25, -0.2) is 0 Å². The first kappa shape index (κ1) is 15.4. The van der Waals surface area contributed by atoms with Crippen molar-refractivity contribution in [2.75, 3.05) is 5.75 Å². The Kier molecular flexibility index (Phi) is 4.58. The van der Waals surface area contributed by atoms with E-state index in [0.717, 1.165) is 0 Å². The number of amides is 1. The standard InChI is InChI=1S/C11H9BrN4O4S/c1-5-7(16(19)20)2-6(10(18)9(5)12)3-13-15-11-14-8(17)4-21-11/h2-3,18H,4H2,1H3,(H,14,15,17). The van der Waals surface area contributed by atoms with Gasteiger partial charge in [0.15, 0.2) is 5.17 Å². The minimum Gasteiger partial charge on any atom is -0.506 e. The van der Waals surface area contributed by atoms with Gasteiger partial charge in [0.05, 0.1) is 21.4 Å². The van der Waals surface area contributed by atoms with Gasteiger partial charge in [-0.3, -0.25) is 14.9 Å². The lowest BCUT2D eigenvalue weighted by Gasteiger charge is -2.05. The normalized spacial score (nSPS) is 16.7. The van der Waals surface area contributed by atoms with E-state index in [0.29, 0.717) is 10.7 Å². The molecule has 1 aromatic carbocycles. The zero-order valence-corrected chi connectivity index (χ0v) is 13.1. The van der Waals surface area contributed by atoms with E-state index < -0.39 is 4.92 Å². The highest BCUT2D eigenvalue weighted by atomic mass is 79.9. The first-order valence-corrected chi connectivity index (χ1v) is 7.38. The maximum Gasteiger partial charge on any atom is 0.274 e. The third-order valence-electron chi connectivity index (χ3n) is 2.62. The maximum absolute atomic E-state index is 11.0. The number of phenols is 1. The first-order valence-electron chi connectivity index (χ1n) is 5.60. The molecule has 21 heavy (non-hydrogen) atoms. The van der Waals surface area contributed by atoms with Gasteiger partial charge in [-0.2, -0.15) is 5.10 Å². The molecule has 0 atom stereocenters. The molecule has 10 heteroatoms. The highest BCUT2D eigenvalue weighted by molar-refractivity contribution is 9.10. The van der Waals surface area contributed by atoms with Gasteiger partial charge in [0.2, 0.25) is 5.91 Å². The molecule has 1 aliphatic rings. The molecule has 1 amide bonds. The van der Waals surface area contributed by atoms with E-state index in [1.54, 1.807) is 0 Å².